The first-order chi connectivity index (χ1) is 9.98. The van der Waals surface area contributed by atoms with Crippen molar-refractivity contribution >= 4 is 11.9 Å². The van der Waals surface area contributed by atoms with Crippen molar-refractivity contribution in [1.29, 1.82) is 0 Å². The Bertz CT molecular complexity index is 391. The third-order valence-electron chi connectivity index (χ3n) is 4.15. The maximum absolute atomic E-state index is 13.9. The summed E-state index contributed by atoms with van der Waals surface area (Å²) in [5, 5.41) is 2.89. The van der Waals surface area contributed by atoms with Gasteiger partial charge in [0.1, 0.15) is 17.1 Å². The number of nitrogens with one attached hydrogen (secondary N) is 1. The summed E-state index contributed by atoms with van der Waals surface area (Å²) in [6, 6.07) is -0.130. The standard InChI is InChI=1S/C17H30FNO3/c1-12(20)6-7-14(19-15(21)22-16(2,3)4)13-8-10-17(5,18)11-9-13/h13-14H,6-11H2,1-5H3,(H,19,21). The van der Waals surface area contributed by atoms with E-state index in [4.69, 9.17) is 4.74 Å². The maximum Gasteiger partial charge on any atom is 0.407 e. The van der Waals surface area contributed by atoms with Gasteiger partial charge in [-0.25, -0.2) is 9.18 Å². The molecular weight excluding hydrogens is 285 g/mol. The summed E-state index contributed by atoms with van der Waals surface area (Å²) >= 11 is 0. The van der Waals surface area contributed by atoms with Gasteiger partial charge >= 0.3 is 6.09 Å². The van der Waals surface area contributed by atoms with E-state index >= 15 is 0 Å². The summed E-state index contributed by atoms with van der Waals surface area (Å²) in [7, 11) is 0. The number of halogens is 1. The van der Waals surface area contributed by atoms with Crippen molar-refractivity contribution < 1.29 is 18.7 Å². The molecule has 0 heterocycles. The van der Waals surface area contributed by atoms with E-state index < -0.39 is 17.4 Å². The molecule has 1 saturated carbocycles. The number of alkyl halides is 1. The van der Waals surface area contributed by atoms with Gasteiger partial charge in [-0.05, 0) is 72.6 Å². The minimum atomic E-state index is -1.10. The van der Waals surface area contributed by atoms with Crippen LogP contribution in [0.3, 0.4) is 0 Å². The zero-order chi connectivity index (χ0) is 17.0. The molecule has 0 radical (unpaired) electrons. The predicted molar refractivity (Wildman–Crippen MR) is 84.5 cm³/mol. The first-order valence-corrected chi connectivity index (χ1v) is 8.16. The first-order valence-electron chi connectivity index (χ1n) is 8.16. The molecule has 4 nitrogen and oxygen atoms in total. The molecule has 0 saturated heterocycles. The van der Waals surface area contributed by atoms with Gasteiger partial charge in [0.15, 0.2) is 0 Å². The van der Waals surface area contributed by atoms with Crippen LogP contribution in [-0.4, -0.2) is 29.2 Å². The Morgan fingerprint density at radius 2 is 1.86 bits per heavy atom. The molecule has 128 valence electrons. The van der Waals surface area contributed by atoms with Crippen LogP contribution in [0.5, 0.6) is 0 Å². The molecular formula is C17H30FNO3. The largest absolute Gasteiger partial charge is 0.444 e. The Hall–Kier alpha value is -1.13. The van der Waals surface area contributed by atoms with Gasteiger partial charge in [-0.3, -0.25) is 0 Å². The average Bonchev–Trinajstić information content (AvgIpc) is 2.32. The SMILES string of the molecule is CC(=O)CCC(NC(=O)OC(C)(C)C)C1CCC(C)(F)CC1. The maximum atomic E-state index is 13.9. The zero-order valence-corrected chi connectivity index (χ0v) is 14.5. The van der Waals surface area contributed by atoms with Gasteiger partial charge in [0, 0.05) is 12.5 Å². The molecule has 1 amide bonds. The molecule has 5 heteroatoms. The number of hydrogen-bond acceptors (Lipinski definition) is 3. The van der Waals surface area contributed by atoms with Gasteiger partial charge in [0.25, 0.3) is 0 Å². The topological polar surface area (TPSA) is 55.4 Å². The highest BCUT2D eigenvalue weighted by Crippen LogP contribution is 2.37. The Morgan fingerprint density at radius 1 is 1.32 bits per heavy atom. The number of amides is 1. The Labute approximate surface area is 133 Å². The van der Waals surface area contributed by atoms with E-state index in [1.54, 1.807) is 13.8 Å². The predicted octanol–water partition coefficient (Wildman–Crippen LogP) is 4.17. The van der Waals surface area contributed by atoms with Gasteiger partial charge in [-0.15, -0.1) is 0 Å². The van der Waals surface area contributed by atoms with Crippen LogP contribution < -0.4 is 5.32 Å². The molecule has 1 atom stereocenters. The fourth-order valence-corrected chi connectivity index (χ4v) is 2.89. The molecule has 0 aliphatic heterocycles. The summed E-state index contributed by atoms with van der Waals surface area (Å²) in [5.74, 6) is 0.304. The lowest BCUT2D eigenvalue weighted by molar-refractivity contribution is -0.117. The number of rotatable bonds is 5. The molecule has 1 aliphatic rings. The van der Waals surface area contributed by atoms with Crippen molar-refractivity contribution in [1.82, 2.24) is 5.32 Å². The number of ether oxygens (including phenoxy) is 1. The molecule has 22 heavy (non-hydrogen) atoms. The van der Waals surface area contributed by atoms with Crippen molar-refractivity contribution in [3.8, 4) is 0 Å². The summed E-state index contributed by atoms with van der Waals surface area (Å²) in [4.78, 5) is 23.2. The lowest BCUT2D eigenvalue weighted by atomic mass is 9.76. The number of Topliss-reactive ketones (excluding diaryl/α,β-unsaturated/α-hetero) is 1. The van der Waals surface area contributed by atoms with Crippen molar-refractivity contribution in [2.24, 2.45) is 5.92 Å². The molecule has 1 N–H and O–H groups in total. The van der Waals surface area contributed by atoms with Crippen LogP contribution in [0.2, 0.25) is 0 Å². The van der Waals surface area contributed by atoms with E-state index in [-0.39, 0.29) is 17.7 Å². The summed E-state index contributed by atoms with van der Waals surface area (Å²) in [5.41, 5.74) is -1.66. The van der Waals surface area contributed by atoms with E-state index in [0.717, 1.165) is 12.8 Å². The molecule has 1 fully saturated rings. The molecule has 0 aromatic heterocycles. The molecule has 1 aliphatic carbocycles. The molecule has 1 rings (SSSR count). The van der Waals surface area contributed by atoms with E-state index in [2.05, 4.69) is 5.32 Å². The smallest absolute Gasteiger partial charge is 0.407 e. The minimum absolute atomic E-state index is 0.0992. The quantitative estimate of drug-likeness (QED) is 0.828. The van der Waals surface area contributed by atoms with Crippen molar-refractivity contribution in [3.63, 3.8) is 0 Å². The third kappa shape index (κ3) is 7.23. The van der Waals surface area contributed by atoms with Crippen molar-refractivity contribution in [3.05, 3.63) is 0 Å². The molecule has 0 spiro atoms. The van der Waals surface area contributed by atoms with Gasteiger partial charge in [0.05, 0.1) is 0 Å². The van der Waals surface area contributed by atoms with Crippen LogP contribution >= 0.6 is 0 Å². The molecule has 0 aromatic rings. The molecule has 1 unspecified atom stereocenters. The normalized spacial score (nSPS) is 27.1. The fourth-order valence-electron chi connectivity index (χ4n) is 2.89. The van der Waals surface area contributed by atoms with Crippen LogP contribution in [0.15, 0.2) is 0 Å². The number of carbonyl (C=O) groups excluding carboxylic acids is 2. The van der Waals surface area contributed by atoms with E-state index in [9.17, 15) is 14.0 Å². The van der Waals surface area contributed by atoms with Crippen LogP contribution in [-0.2, 0) is 9.53 Å². The average molecular weight is 315 g/mol. The fraction of sp³-hybridized carbons (Fsp3) is 0.882. The van der Waals surface area contributed by atoms with E-state index in [1.165, 1.54) is 0 Å². The number of alkyl carbamates (subject to hydrolysis) is 1. The van der Waals surface area contributed by atoms with Gasteiger partial charge in [-0.1, -0.05) is 0 Å². The monoisotopic (exact) mass is 315 g/mol. The number of ketones is 1. The van der Waals surface area contributed by atoms with Crippen LogP contribution in [0.1, 0.15) is 73.1 Å². The van der Waals surface area contributed by atoms with Crippen LogP contribution in [0.4, 0.5) is 9.18 Å². The Kier molecular flexibility index (Phi) is 6.38. The molecule has 0 bridgehead atoms. The summed E-state index contributed by atoms with van der Waals surface area (Å²) < 4.78 is 19.2. The highest BCUT2D eigenvalue weighted by atomic mass is 19.1. The number of hydrogen-bond donors (Lipinski definition) is 1. The summed E-state index contributed by atoms with van der Waals surface area (Å²) in [6.45, 7) is 8.62. The zero-order valence-electron chi connectivity index (χ0n) is 14.5. The second-order valence-electron chi connectivity index (χ2n) is 7.74. The van der Waals surface area contributed by atoms with Gasteiger partial charge in [-0.2, -0.15) is 0 Å². The third-order valence-corrected chi connectivity index (χ3v) is 4.15. The second-order valence-corrected chi connectivity index (χ2v) is 7.74. The Balaban J connectivity index is 2.63. The van der Waals surface area contributed by atoms with Crippen molar-refractivity contribution in [2.45, 2.75) is 90.5 Å². The lowest BCUT2D eigenvalue weighted by Crippen LogP contribution is -2.45. The van der Waals surface area contributed by atoms with Gasteiger partial charge < -0.3 is 14.8 Å². The lowest BCUT2D eigenvalue weighted by Gasteiger charge is -2.36. The van der Waals surface area contributed by atoms with Gasteiger partial charge in [0.2, 0.25) is 0 Å². The van der Waals surface area contributed by atoms with E-state index in [1.807, 2.05) is 20.8 Å². The first kappa shape index (κ1) is 18.9. The Morgan fingerprint density at radius 3 is 2.32 bits per heavy atom. The second kappa shape index (κ2) is 7.42. The highest BCUT2D eigenvalue weighted by Gasteiger charge is 2.35. The molecule has 0 aromatic carbocycles. The highest BCUT2D eigenvalue weighted by molar-refractivity contribution is 5.75. The van der Waals surface area contributed by atoms with Crippen molar-refractivity contribution in [2.75, 3.05) is 0 Å². The summed E-state index contributed by atoms with van der Waals surface area (Å²) in [6.07, 6.45) is 3.01. The van der Waals surface area contributed by atoms with Crippen LogP contribution in [0, 0.1) is 5.92 Å². The number of carbonyl (C=O) groups is 2. The van der Waals surface area contributed by atoms with E-state index in [0.29, 0.717) is 25.7 Å². The minimum Gasteiger partial charge on any atom is -0.444 e. The van der Waals surface area contributed by atoms with Crippen LogP contribution in [0.25, 0.3) is 0 Å².